The first-order valence-corrected chi connectivity index (χ1v) is 4.43. The molecule has 0 saturated heterocycles. The average Bonchev–Trinajstić information content (AvgIpc) is 2.33. The lowest BCUT2D eigenvalue weighted by atomic mass is 10.3. The third kappa shape index (κ3) is 1.16. The van der Waals surface area contributed by atoms with Crippen LogP contribution in [0.1, 0.15) is 13.8 Å². The molecule has 1 aliphatic heterocycles. The van der Waals surface area contributed by atoms with E-state index in [0.29, 0.717) is 0 Å². The molecule has 1 atom stereocenters. The molecule has 1 heterocycles. The number of fused-ring (bicyclic) bond motifs is 1. The monoisotopic (exact) mass is 179 g/mol. The topological polar surface area (TPSA) is 32.7 Å². The van der Waals surface area contributed by atoms with Gasteiger partial charge in [0, 0.05) is 13.5 Å². The van der Waals surface area contributed by atoms with Gasteiger partial charge >= 0.3 is 0 Å². The summed E-state index contributed by atoms with van der Waals surface area (Å²) in [5.74, 6) is -0.451. The zero-order chi connectivity index (χ0) is 9.47. The highest BCUT2D eigenvalue weighted by Gasteiger charge is 2.38. The van der Waals surface area contributed by atoms with Crippen LogP contribution in [0.25, 0.3) is 0 Å². The summed E-state index contributed by atoms with van der Waals surface area (Å²) in [5, 5.41) is 9.88. The lowest BCUT2D eigenvalue weighted by Crippen LogP contribution is -2.46. The Morgan fingerprint density at radius 2 is 2.15 bits per heavy atom. The van der Waals surface area contributed by atoms with Gasteiger partial charge in [0.1, 0.15) is 5.75 Å². The lowest BCUT2D eigenvalue weighted by Gasteiger charge is -2.28. The molecule has 0 fully saturated rings. The summed E-state index contributed by atoms with van der Waals surface area (Å²) in [6.07, 6.45) is 0. The van der Waals surface area contributed by atoms with E-state index in [9.17, 15) is 5.11 Å². The molecule has 1 aliphatic rings. The van der Waals surface area contributed by atoms with Gasteiger partial charge < -0.3 is 14.7 Å². The minimum Gasteiger partial charge on any atom is -0.442 e. The molecule has 0 saturated carbocycles. The molecule has 2 rings (SSSR count). The normalized spacial score (nSPS) is 25.6. The summed E-state index contributed by atoms with van der Waals surface area (Å²) in [6.45, 7) is 4.36. The van der Waals surface area contributed by atoms with Crippen molar-refractivity contribution >= 4 is 5.69 Å². The first-order valence-electron chi connectivity index (χ1n) is 4.43. The van der Waals surface area contributed by atoms with Crippen molar-refractivity contribution < 1.29 is 9.84 Å². The minimum absolute atomic E-state index is 0.726. The molecule has 3 heteroatoms. The van der Waals surface area contributed by atoms with E-state index in [-0.39, 0.29) is 0 Å². The third-order valence-corrected chi connectivity index (χ3v) is 2.28. The maximum atomic E-state index is 9.88. The van der Waals surface area contributed by atoms with Crippen LogP contribution in [0.3, 0.4) is 0 Å². The van der Waals surface area contributed by atoms with Crippen LogP contribution in [-0.4, -0.2) is 17.6 Å². The van der Waals surface area contributed by atoms with E-state index in [2.05, 4.69) is 0 Å². The Balaban J connectivity index is 2.46. The van der Waals surface area contributed by atoms with Gasteiger partial charge in [0.2, 0.25) is 0 Å². The van der Waals surface area contributed by atoms with E-state index in [1.54, 1.807) is 6.92 Å². The molecule has 70 valence electrons. The molecule has 1 aromatic rings. The van der Waals surface area contributed by atoms with E-state index in [1.165, 1.54) is 0 Å². The highest BCUT2D eigenvalue weighted by atomic mass is 16.7. The standard InChI is InChI=1S/C10H13NO2/c1-3-11-8-6-4-5-7-9(8)13-10(11,2)12/h4-7,12H,3H2,1-2H3. The zero-order valence-electron chi connectivity index (χ0n) is 7.82. The molecule has 3 nitrogen and oxygen atoms in total. The van der Waals surface area contributed by atoms with Crippen LogP contribution in [0.2, 0.25) is 0 Å². The second-order valence-corrected chi connectivity index (χ2v) is 3.25. The Hall–Kier alpha value is -1.22. The van der Waals surface area contributed by atoms with Crippen LogP contribution in [0.4, 0.5) is 5.69 Å². The van der Waals surface area contributed by atoms with E-state index < -0.39 is 5.91 Å². The van der Waals surface area contributed by atoms with Crippen LogP contribution in [-0.2, 0) is 0 Å². The first kappa shape index (κ1) is 8.38. The number of ether oxygens (including phenoxy) is 1. The molecule has 0 spiro atoms. The molecule has 0 aromatic heterocycles. The zero-order valence-corrected chi connectivity index (χ0v) is 7.82. The Morgan fingerprint density at radius 3 is 2.85 bits per heavy atom. The second kappa shape index (κ2) is 2.64. The first-order chi connectivity index (χ1) is 6.15. The second-order valence-electron chi connectivity index (χ2n) is 3.25. The van der Waals surface area contributed by atoms with E-state index in [4.69, 9.17) is 4.74 Å². The van der Waals surface area contributed by atoms with Crippen molar-refractivity contribution in [3.63, 3.8) is 0 Å². The number of rotatable bonds is 1. The Morgan fingerprint density at radius 1 is 1.46 bits per heavy atom. The van der Waals surface area contributed by atoms with Gasteiger partial charge in [-0.3, -0.25) is 0 Å². The fourth-order valence-electron chi connectivity index (χ4n) is 1.72. The molecule has 1 N–H and O–H groups in total. The quantitative estimate of drug-likeness (QED) is 0.710. The van der Waals surface area contributed by atoms with E-state index >= 15 is 0 Å². The van der Waals surface area contributed by atoms with E-state index in [0.717, 1.165) is 18.0 Å². The summed E-state index contributed by atoms with van der Waals surface area (Å²) in [5.41, 5.74) is 0.954. The highest BCUT2D eigenvalue weighted by molar-refractivity contribution is 5.62. The van der Waals surface area contributed by atoms with Gasteiger partial charge in [-0.2, -0.15) is 0 Å². The molecule has 1 unspecified atom stereocenters. The number of aliphatic hydroxyl groups is 1. The predicted molar refractivity (Wildman–Crippen MR) is 50.7 cm³/mol. The number of benzene rings is 1. The smallest absolute Gasteiger partial charge is 0.289 e. The van der Waals surface area contributed by atoms with Crippen LogP contribution >= 0.6 is 0 Å². The van der Waals surface area contributed by atoms with Crippen molar-refractivity contribution in [2.45, 2.75) is 19.8 Å². The number of para-hydroxylation sites is 2. The van der Waals surface area contributed by atoms with Crippen molar-refractivity contribution in [3.8, 4) is 5.75 Å². The van der Waals surface area contributed by atoms with Crippen molar-refractivity contribution in [1.29, 1.82) is 0 Å². The SMILES string of the molecule is CCN1c2ccccc2OC1(C)O. The average molecular weight is 179 g/mol. The van der Waals surface area contributed by atoms with Crippen molar-refractivity contribution in [2.75, 3.05) is 11.4 Å². The minimum atomic E-state index is -1.20. The summed E-state index contributed by atoms with van der Waals surface area (Å²) in [6, 6.07) is 7.64. The van der Waals surface area contributed by atoms with E-state index in [1.807, 2.05) is 36.1 Å². The molecular formula is C10H13NO2. The number of nitrogens with zero attached hydrogens (tertiary/aromatic N) is 1. The fourth-order valence-corrected chi connectivity index (χ4v) is 1.72. The lowest BCUT2D eigenvalue weighted by molar-refractivity contribution is -0.107. The van der Waals surface area contributed by atoms with Gasteiger partial charge in [-0.1, -0.05) is 12.1 Å². The Bertz CT molecular complexity index is 322. The van der Waals surface area contributed by atoms with Gasteiger partial charge in [-0.05, 0) is 19.1 Å². The van der Waals surface area contributed by atoms with Gasteiger partial charge in [-0.25, -0.2) is 0 Å². The van der Waals surface area contributed by atoms with Crippen LogP contribution in [0.15, 0.2) is 24.3 Å². The molecule has 0 aliphatic carbocycles. The summed E-state index contributed by atoms with van der Waals surface area (Å²) in [7, 11) is 0. The fraction of sp³-hybridized carbons (Fsp3) is 0.400. The van der Waals surface area contributed by atoms with Crippen LogP contribution < -0.4 is 9.64 Å². The Kier molecular flexibility index (Phi) is 1.70. The van der Waals surface area contributed by atoms with Crippen molar-refractivity contribution in [3.05, 3.63) is 24.3 Å². The largest absolute Gasteiger partial charge is 0.442 e. The highest BCUT2D eigenvalue weighted by Crippen LogP contribution is 2.40. The molecule has 1 aromatic carbocycles. The number of hydrogen-bond acceptors (Lipinski definition) is 3. The summed E-state index contributed by atoms with van der Waals surface area (Å²) < 4.78 is 5.38. The third-order valence-electron chi connectivity index (χ3n) is 2.28. The Labute approximate surface area is 77.6 Å². The van der Waals surface area contributed by atoms with Gasteiger partial charge in [0.25, 0.3) is 5.91 Å². The summed E-state index contributed by atoms with van der Waals surface area (Å²) >= 11 is 0. The number of hydrogen-bond donors (Lipinski definition) is 1. The molecule has 0 radical (unpaired) electrons. The van der Waals surface area contributed by atoms with Gasteiger partial charge in [0.05, 0.1) is 5.69 Å². The molecule has 0 amide bonds. The van der Waals surface area contributed by atoms with Gasteiger partial charge in [-0.15, -0.1) is 0 Å². The molecule has 13 heavy (non-hydrogen) atoms. The van der Waals surface area contributed by atoms with Crippen LogP contribution in [0.5, 0.6) is 5.75 Å². The maximum absolute atomic E-state index is 9.88. The van der Waals surface area contributed by atoms with Crippen molar-refractivity contribution in [1.82, 2.24) is 0 Å². The maximum Gasteiger partial charge on any atom is 0.289 e. The van der Waals surface area contributed by atoms with Crippen LogP contribution in [0, 0.1) is 0 Å². The summed E-state index contributed by atoms with van der Waals surface area (Å²) in [4.78, 5) is 1.82. The predicted octanol–water partition coefficient (Wildman–Crippen LogP) is 1.57. The van der Waals surface area contributed by atoms with Crippen molar-refractivity contribution in [2.24, 2.45) is 0 Å². The molecule has 0 bridgehead atoms. The van der Waals surface area contributed by atoms with Gasteiger partial charge in [0.15, 0.2) is 0 Å². The molecular weight excluding hydrogens is 166 g/mol. The number of anilines is 1.